The minimum absolute atomic E-state index is 0.0547. The molecule has 0 saturated carbocycles. The van der Waals surface area contributed by atoms with Crippen molar-refractivity contribution in [1.82, 2.24) is 20.1 Å². The maximum atomic E-state index is 12.0. The maximum absolute atomic E-state index is 12.0. The summed E-state index contributed by atoms with van der Waals surface area (Å²) < 4.78 is 1.77. The summed E-state index contributed by atoms with van der Waals surface area (Å²) in [5.74, 6) is 0.803. The predicted octanol–water partition coefficient (Wildman–Crippen LogP) is 0.505. The largest absolute Gasteiger partial charge is 0.386 e. The van der Waals surface area contributed by atoms with Crippen LogP contribution in [0.15, 0.2) is 36.7 Å². The van der Waals surface area contributed by atoms with Gasteiger partial charge in [0.1, 0.15) is 11.4 Å². The second-order valence-electron chi connectivity index (χ2n) is 6.31. The van der Waals surface area contributed by atoms with E-state index in [0.717, 1.165) is 18.1 Å². The molecule has 1 atom stereocenters. The molecule has 1 aliphatic heterocycles. The minimum Gasteiger partial charge on any atom is -0.386 e. The molecular weight excluding hydrogens is 306 g/mol. The van der Waals surface area contributed by atoms with Crippen LogP contribution in [0.5, 0.6) is 0 Å². The van der Waals surface area contributed by atoms with Crippen molar-refractivity contribution in [2.75, 3.05) is 24.5 Å². The molecule has 1 aliphatic rings. The Morgan fingerprint density at radius 2 is 2.25 bits per heavy atom. The summed E-state index contributed by atoms with van der Waals surface area (Å²) in [7, 11) is 1.86. The van der Waals surface area contributed by atoms with Crippen LogP contribution >= 0.6 is 0 Å². The Bertz CT molecular complexity index is 687. The Kier molecular flexibility index (Phi) is 4.80. The summed E-state index contributed by atoms with van der Waals surface area (Å²) in [5, 5.41) is 17.6. The van der Waals surface area contributed by atoms with Gasteiger partial charge in [-0.25, -0.2) is 4.98 Å². The van der Waals surface area contributed by atoms with E-state index < -0.39 is 5.60 Å². The maximum Gasteiger partial charge on any atom is 0.220 e. The zero-order chi connectivity index (χ0) is 17.0. The van der Waals surface area contributed by atoms with Crippen molar-refractivity contribution in [3.63, 3.8) is 0 Å². The van der Waals surface area contributed by atoms with Crippen molar-refractivity contribution in [2.24, 2.45) is 7.05 Å². The van der Waals surface area contributed by atoms with Crippen LogP contribution in [0.1, 0.15) is 18.5 Å². The number of anilines is 1. The molecule has 1 saturated heterocycles. The fourth-order valence-electron chi connectivity index (χ4n) is 2.98. The first-order chi connectivity index (χ1) is 11.6. The summed E-state index contributed by atoms with van der Waals surface area (Å²) in [6.07, 6.45) is 5.11. The minimum atomic E-state index is -0.903. The van der Waals surface area contributed by atoms with E-state index in [2.05, 4.69) is 15.4 Å². The zero-order valence-corrected chi connectivity index (χ0v) is 13.9. The molecule has 24 heavy (non-hydrogen) atoms. The lowest BCUT2D eigenvalue weighted by molar-refractivity contribution is -0.122. The van der Waals surface area contributed by atoms with Gasteiger partial charge in [0.25, 0.3) is 0 Å². The Balaban J connectivity index is 1.46. The second kappa shape index (κ2) is 7.00. The third-order valence-corrected chi connectivity index (χ3v) is 4.45. The van der Waals surface area contributed by atoms with Gasteiger partial charge < -0.3 is 15.3 Å². The Hall–Kier alpha value is -2.41. The Labute approximate surface area is 141 Å². The molecule has 7 heteroatoms. The Morgan fingerprint density at radius 3 is 2.96 bits per heavy atom. The molecule has 2 aromatic rings. The predicted molar refractivity (Wildman–Crippen MR) is 90.6 cm³/mol. The van der Waals surface area contributed by atoms with Gasteiger partial charge in [-0.05, 0) is 31.0 Å². The molecule has 1 unspecified atom stereocenters. The molecule has 128 valence electrons. The standard InChI is InChI=1S/C17H23N5O2/c1-21-14(7-10-20-21)5-6-16(23)19-12-17(24)8-11-22(13-17)15-4-2-3-9-18-15/h2-4,7,9-10,24H,5-6,8,11-13H2,1H3,(H,19,23). The highest BCUT2D eigenvalue weighted by molar-refractivity contribution is 5.76. The number of β-amino-alcohol motifs (C(OH)–C–C–N with tert-alkyl or cyclic N) is 1. The topological polar surface area (TPSA) is 83.3 Å². The smallest absolute Gasteiger partial charge is 0.220 e. The van der Waals surface area contributed by atoms with E-state index in [-0.39, 0.29) is 12.5 Å². The lowest BCUT2D eigenvalue weighted by Gasteiger charge is -2.24. The highest BCUT2D eigenvalue weighted by Gasteiger charge is 2.36. The summed E-state index contributed by atoms with van der Waals surface area (Å²) in [6, 6.07) is 7.63. The highest BCUT2D eigenvalue weighted by atomic mass is 16.3. The zero-order valence-electron chi connectivity index (χ0n) is 13.9. The van der Waals surface area contributed by atoms with Crippen LogP contribution in [0.2, 0.25) is 0 Å². The number of aliphatic hydroxyl groups is 1. The first-order valence-electron chi connectivity index (χ1n) is 8.18. The Morgan fingerprint density at radius 1 is 1.38 bits per heavy atom. The second-order valence-corrected chi connectivity index (χ2v) is 6.31. The molecule has 2 N–H and O–H groups in total. The van der Waals surface area contributed by atoms with Gasteiger partial charge >= 0.3 is 0 Å². The normalized spacial score (nSPS) is 20.3. The van der Waals surface area contributed by atoms with Gasteiger partial charge in [0.05, 0.1) is 0 Å². The van der Waals surface area contributed by atoms with Crippen molar-refractivity contribution in [3.8, 4) is 0 Å². The van der Waals surface area contributed by atoms with Crippen LogP contribution in [0.25, 0.3) is 0 Å². The number of aryl methyl sites for hydroxylation is 2. The number of aromatic nitrogens is 3. The van der Waals surface area contributed by atoms with Crippen molar-refractivity contribution in [2.45, 2.75) is 24.9 Å². The molecule has 0 radical (unpaired) electrons. The van der Waals surface area contributed by atoms with Crippen molar-refractivity contribution in [3.05, 3.63) is 42.4 Å². The van der Waals surface area contributed by atoms with Crippen molar-refractivity contribution in [1.29, 1.82) is 0 Å². The van der Waals surface area contributed by atoms with Crippen LogP contribution < -0.4 is 10.2 Å². The van der Waals surface area contributed by atoms with Crippen LogP contribution in [0, 0.1) is 0 Å². The molecule has 2 aromatic heterocycles. The van der Waals surface area contributed by atoms with Gasteiger partial charge in [-0.1, -0.05) is 6.07 Å². The number of pyridine rings is 1. The van der Waals surface area contributed by atoms with Gasteiger partial charge in [0.15, 0.2) is 0 Å². The van der Waals surface area contributed by atoms with E-state index in [1.54, 1.807) is 17.1 Å². The van der Waals surface area contributed by atoms with E-state index in [1.807, 2.05) is 36.2 Å². The molecule has 3 rings (SSSR count). The summed E-state index contributed by atoms with van der Waals surface area (Å²) in [5.41, 5.74) is 0.116. The molecule has 1 amide bonds. The molecule has 0 aromatic carbocycles. The monoisotopic (exact) mass is 329 g/mol. The molecule has 0 bridgehead atoms. The van der Waals surface area contributed by atoms with Gasteiger partial charge in [-0.15, -0.1) is 0 Å². The van der Waals surface area contributed by atoms with E-state index in [9.17, 15) is 9.90 Å². The molecule has 0 spiro atoms. The molecule has 1 fully saturated rings. The van der Waals surface area contributed by atoms with Crippen molar-refractivity contribution >= 4 is 11.7 Å². The van der Waals surface area contributed by atoms with Gasteiger partial charge in [-0.2, -0.15) is 5.10 Å². The third kappa shape index (κ3) is 3.91. The summed E-state index contributed by atoms with van der Waals surface area (Å²) in [4.78, 5) is 18.4. The van der Waals surface area contributed by atoms with E-state index in [0.29, 0.717) is 25.8 Å². The molecular formula is C17H23N5O2. The van der Waals surface area contributed by atoms with Crippen LogP contribution in [0.3, 0.4) is 0 Å². The van der Waals surface area contributed by atoms with Gasteiger partial charge in [0, 0.05) is 51.2 Å². The SMILES string of the molecule is Cn1nccc1CCC(=O)NCC1(O)CCN(c2ccccn2)C1. The number of carbonyl (C=O) groups excluding carboxylic acids is 1. The first kappa shape index (κ1) is 16.4. The fraction of sp³-hybridized carbons (Fsp3) is 0.471. The van der Waals surface area contributed by atoms with Crippen LogP contribution in [-0.2, 0) is 18.3 Å². The number of nitrogens with one attached hydrogen (secondary N) is 1. The number of hydrogen-bond donors (Lipinski definition) is 2. The number of hydrogen-bond acceptors (Lipinski definition) is 5. The van der Waals surface area contributed by atoms with Gasteiger partial charge in [0.2, 0.25) is 5.91 Å². The average molecular weight is 329 g/mol. The van der Waals surface area contributed by atoms with Crippen LogP contribution in [-0.4, -0.2) is 51.0 Å². The lowest BCUT2D eigenvalue weighted by Crippen LogP contribution is -2.45. The number of rotatable bonds is 6. The molecule has 3 heterocycles. The van der Waals surface area contributed by atoms with Gasteiger partial charge in [-0.3, -0.25) is 9.48 Å². The fourth-order valence-corrected chi connectivity index (χ4v) is 2.98. The third-order valence-electron chi connectivity index (χ3n) is 4.45. The van der Waals surface area contributed by atoms with E-state index >= 15 is 0 Å². The van der Waals surface area contributed by atoms with E-state index in [1.165, 1.54) is 0 Å². The quantitative estimate of drug-likeness (QED) is 0.807. The average Bonchev–Trinajstić information content (AvgIpc) is 3.18. The summed E-state index contributed by atoms with van der Waals surface area (Å²) >= 11 is 0. The number of amides is 1. The molecule has 0 aliphatic carbocycles. The first-order valence-corrected chi connectivity index (χ1v) is 8.18. The summed E-state index contributed by atoms with van der Waals surface area (Å²) in [6.45, 7) is 1.48. The van der Waals surface area contributed by atoms with Crippen LogP contribution in [0.4, 0.5) is 5.82 Å². The molecule has 7 nitrogen and oxygen atoms in total. The highest BCUT2D eigenvalue weighted by Crippen LogP contribution is 2.24. The number of carbonyl (C=O) groups is 1. The lowest BCUT2D eigenvalue weighted by atomic mass is 10.0. The number of nitrogens with zero attached hydrogens (tertiary/aromatic N) is 4. The van der Waals surface area contributed by atoms with E-state index in [4.69, 9.17) is 0 Å². The van der Waals surface area contributed by atoms with Crippen molar-refractivity contribution < 1.29 is 9.90 Å².